The lowest BCUT2D eigenvalue weighted by atomic mass is 9.74. The molecule has 1 heteroatoms. The van der Waals surface area contributed by atoms with Crippen LogP contribution in [-0.2, 0) is 10.8 Å². The van der Waals surface area contributed by atoms with Gasteiger partial charge >= 0.3 is 0 Å². The summed E-state index contributed by atoms with van der Waals surface area (Å²) in [5, 5.41) is 2.64. The van der Waals surface area contributed by atoms with E-state index in [1.165, 1.54) is 83.2 Å². The molecule has 1 nitrogen and oxygen atoms in total. The largest absolute Gasteiger partial charge is 0.309 e. The van der Waals surface area contributed by atoms with Crippen molar-refractivity contribution in [1.82, 2.24) is 0 Å². The number of hydrogen-bond acceptors (Lipinski definition) is 1. The molecule has 0 spiro atoms. The van der Waals surface area contributed by atoms with E-state index >= 15 is 0 Å². The minimum Gasteiger partial charge on any atom is -0.309 e. The average molecular weight is 758 g/mol. The molecule has 0 amide bonds. The maximum absolute atomic E-state index is 2.59. The molecular formula is C58H47N. The Hall–Kier alpha value is -6.70. The Kier molecular flexibility index (Phi) is 8.07. The van der Waals surface area contributed by atoms with Gasteiger partial charge in [-0.2, -0.15) is 0 Å². The van der Waals surface area contributed by atoms with E-state index in [0.29, 0.717) is 11.8 Å². The zero-order valence-electron chi connectivity index (χ0n) is 34.2. The molecule has 3 aliphatic rings. The van der Waals surface area contributed by atoms with E-state index in [1.807, 2.05) is 0 Å². The molecule has 0 aromatic heterocycles. The predicted molar refractivity (Wildman–Crippen MR) is 250 cm³/mol. The first kappa shape index (κ1) is 35.5. The third-order valence-corrected chi connectivity index (χ3v) is 13.7. The second-order valence-electron chi connectivity index (χ2n) is 17.7. The van der Waals surface area contributed by atoms with Crippen LogP contribution in [0.1, 0.15) is 55.9 Å². The molecule has 0 N–H and O–H groups in total. The fraction of sp³-hybridized carbons (Fsp3) is 0.138. The van der Waals surface area contributed by atoms with Crippen molar-refractivity contribution < 1.29 is 0 Å². The Bertz CT molecular complexity index is 3000. The number of rotatable bonds is 6. The Morgan fingerprint density at radius 2 is 1.10 bits per heavy atom. The number of nitrogens with zero attached hydrogens (tertiary/aromatic N) is 1. The first-order valence-electron chi connectivity index (χ1n) is 21.1. The summed E-state index contributed by atoms with van der Waals surface area (Å²) in [6.07, 6.45) is 9.32. The van der Waals surface area contributed by atoms with Crippen molar-refractivity contribution in [2.45, 2.75) is 44.4 Å². The van der Waals surface area contributed by atoms with Gasteiger partial charge in [0, 0.05) is 22.5 Å². The molecule has 0 bridgehead atoms. The molecule has 0 heterocycles. The lowest BCUT2D eigenvalue weighted by molar-refractivity contribution is 0.395. The number of hydrogen-bond donors (Lipinski definition) is 0. The van der Waals surface area contributed by atoms with Gasteiger partial charge in [0.1, 0.15) is 0 Å². The number of para-hydroxylation sites is 1. The maximum atomic E-state index is 2.59. The van der Waals surface area contributed by atoms with Crippen molar-refractivity contribution in [2.24, 2.45) is 5.92 Å². The van der Waals surface area contributed by atoms with Crippen molar-refractivity contribution in [3.05, 3.63) is 222 Å². The van der Waals surface area contributed by atoms with Gasteiger partial charge in [0.15, 0.2) is 0 Å². The molecule has 11 rings (SSSR count). The Morgan fingerprint density at radius 1 is 0.441 bits per heavy atom. The number of allylic oxidation sites excluding steroid dienone is 4. The average Bonchev–Trinajstić information content (AvgIpc) is 3.67. The monoisotopic (exact) mass is 757 g/mol. The summed E-state index contributed by atoms with van der Waals surface area (Å²) in [5.74, 6) is 0.720. The van der Waals surface area contributed by atoms with Crippen molar-refractivity contribution in [3.8, 4) is 44.5 Å². The van der Waals surface area contributed by atoms with Gasteiger partial charge in [-0.3, -0.25) is 0 Å². The second kappa shape index (κ2) is 13.4. The SMILES string of the molecule is CC1(C)c2ccc(-c3cccc(N(c4ccccc4-c4ccccc4)c4cccc5c4C(C)(C)C4C=CC=CC54)c3-c3ccccc3)cc2-c2ccc3ccccc3c21. The first-order valence-corrected chi connectivity index (χ1v) is 21.1. The van der Waals surface area contributed by atoms with E-state index in [-0.39, 0.29) is 10.8 Å². The number of anilines is 3. The molecule has 284 valence electrons. The summed E-state index contributed by atoms with van der Waals surface area (Å²) >= 11 is 0. The molecule has 0 saturated heterocycles. The van der Waals surface area contributed by atoms with Crippen LogP contribution in [-0.4, -0.2) is 0 Å². The highest BCUT2D eigenvalue weighted by molar-refractivity contribution is 6.02. The van der Waals surface area contributed by atoms with E-state index in [4.69, 9.17) is 0 Å². The van der Waals surface area contributed by atoms with Crippen molar-refractivity contribution in [2.75, 3.05) is 4.90 Å². The molecule has 0 aliphatic heterocycles. The van der Waals surface area contributed by atoms with Crippen LogP contribution >= 0.6 is 0 Å². The van der Waals surface area contributed by atoms with Gasteiger partial charge in [-0.1, -0.05) is 204 Å². The molecule has 2 atom stereocenters. The van der Waals surface area contributed by atoms with Gasteiger partial charge in [0.2, 0.25) is 0 Å². The molecule has 0 saturated carbocycles. The van der Waals surface area contributed by atoms with Crippen LogP contribution in [0.5, 0.6) is 0 Å². The third-order valence-electron chi connectivity index (χ3n) is 13.7. The highest BCUT2D eigenvalue weighted by Gasteiger charge is 2.47. The zero-order chi connectivity index (χ0) is 39.9. The van der Waals surface area contributed by atoms with Gasteiger partial charge in [-0.05, 0) is 102 Å². The third kappa shape index (κ3) is 5.38. The maximum Gasteiger partial charge on any atom is 0.0546 e. The van der Waals surface area contributed by atoms with Gasteiger partial charge in [-0.15, -0.1) is 0 Å². The first-order chi connectivity index (χ1) is 28.8. The molecule has 59 heavy (non-hydrogen) atoms. The lowest BCUT2D eigenvalue weighted by Crippen LogP contribution is -2.26. The summed E-state index contributed by atoms with van der Waals surface area (Å²) in [6, 6.07) is 65.6. The molecular weight excluding hydrogens is 711 g/mol. The molecule has 0 radical (unpaired) electrons. The number of benzene rings is 8. The fourth-order valence-corrected chi connectivity index (χ4v) is 11.1. The summed E-state index contributed by atoms with van der Waals surface area (Å²) in [7, 11) is 0. The van der Waals surface area contributed by atoms with Gasteiger partial charge < -0.3 is 4.90 Å². The quantitative estimate of drug-likeness (QED) is 0.163. The topological polar surface area (TPSA) is 3.24 Å². The smallest absolute Gasteiger partial charge is 0.0546 e. The lowest BCUT2D eigenvalue weighted by Gasteiger charge is -2.36. The van der Waals surface area contributed by atoms with E-state index in [1.54, 1.807) is 0 Å². The normalized spacial score (nSPS) is 17.6. The van der Waals surface area contributed by atoms with E-state index in [2.05, 4.69) is 233 Å². The molecule has 3 aliphatic carbocycles. The highest BCUT2D eigenvalue weighted by atomic mass is 15.2. The predicted octanol–water partition coefficient (Wildman–Crippen LogP) is 15.7. The highest BCUT2D eigenvalue weighted by Crippen LogP contribution is 2.59. The van der Waals surface area contributed by atoms with Gasteiger partial charge in [0.05, 0.1) is 17.1 Å². The zero-order valence-corrected chi connectivity index (χ0v) is 34.2. The van der Waals surface area contributed by atoms with Crippen LogP contribution in [0.15, 0.2) is 200 Å². The standard InChI is InChI=1S/C58H47N/c1-57(2)50-36-34-41(37-48(50)47-35-33-39-21-11-12-25-44(39)55(47)57)43-27-17-31-52(54(43)40-22-9-6-10-23-40)59(51-30-16-14-24-42(51)38-19-7-5-8-20-38)53-32-18-28-46-45-26-13-15-29-49(45)58(3,4)56(46)53/h5-37,45,49H,1-4H3. The summed E-state index contributed by atoms with van der Waals surface area (Å²) in [4.78, 5) is 2.59. The fourth-order valence-electron chi connectivity index (χ4n) is 11.1. The Labute approximate surface area is 348 Å². The summed E-state index contributed by atoms with van der Waals surface area (Å²) < 4.78 is 0. The van der Waals surface area contributed by atoms with Gasteiger partial charge in [-0.25, -0.2) is 0 Å². The van der Waals surface area contributed by atoms with Crippen molar-refractivity contribution in [3.63, 3.8) is 0 Å². The Balaban J connectivity index is 1.20. The van der Waals surface area contributed by atoms with E-state index < -0.39 is 0 Å². The molecule has 8 aromatic carbocycles. The molecule has 0 fully saturated rings. The van der Waals surface area contributed by atoms with Crippen LogP contribution in [0.3, 0.4) is 0 Å². The minimum atomic E-state index is -0.117. The summed E-state index contributed by atoms with van der Waals surface area (Å²) in [5.41, 5.74) is 18.9. The van der Waals surface area contributed by atoms with E-state index in [0.717, 1.165) is 11.4 Å². The number of fused-ring (bicyclic) bond motifs is 8. The van der Waals surface area contributed by atoms with Crippen LogP contribution in [0.2, 0.25) is 0 Å². The molecule has 8 aromatic rings. The Morgan fingerprint density at radius 3 is 1.93 bits per heavy atom. The van der Waals surface area contributed by atoms with Crippen LogP contribution in [0, 0.1) is 5.92 Å². The minimum absolute atomic E-state index is 0.104. The van der Waals surface area contributed by atoms with Crippen LogP contribution in [0.25, 0.3) is 55.3 Å². The van der Waals surface area contributed by atoms with E-state index in [9.17, 15) is 0 Å². The summed E-state index contributed by atoms with van der Waals surface area (Å²) in [6.45, 7) is 9.69. The van der Waals surface area contributed by atoms with Gasteiger partial charge in [0.25, 0.3) is 0 Å². The van der Waals surface area contributed by atoms with Crippen LogP contribution < -0.4 is 4.90 Å². The van der Waals surface area contributed by atoms with Crippen molar-refractivity contribution in [1.29, 1.82) is 0 Å². The second-order valence-corrected chi connectivity index (χ2v) is 17.7. The van der Waals surface area contributed by atoms with Crippen LogP contribution in [0.4, 0.5) is 17.1 Å². The molecule has 2 unspecified atom stereocenters. The van der Waals surface area contributed by atoms with Crippen molar-refractivity contribution >= 4 is 27.8 Å².